The number of aliphatic hydroxyl groups is 1. The summed E-state index contributed by atoms with van der Waals surface area (Å²) in [5, 5.41) is 22.4. The van der Waals surface area contributed by atoms with Gasteiger partial charge in [-0.1, -0.05) is 0 Å². The molecule has 0 aliphatic carbocycles. The number of halogens is 2. The van der Waals surface area contributed by atoms with E-state index < -0.39 is 58.2 Å². The first-order valence-corrected chi connectivity index (χ1v) is 9.03. The van der Waals surface area contributed by atoms with E-state index in [2.05, 4.69) is 0 Å². The standard InChI is InChI=1S/C19H17F2N3O6/c1-8-7-30-13-6-23-5-11(15(25)16(26)14(23)19(29)24(8)13)18(28)22-17(27)10-3-2-9(20)4-12(10)21/h2-5,8,13,17,26-27H,6-7H2,1H3,(H,22,28)/t8-,13+,17?/m0/s1. The Bertz CT molecular complexity index is 1120. The molecule has 1 saturated heterocycles. The summed E-state index contributed by atoms with van der Waals surface area (Å²) in [5.41, 5.74) is -2.36. The number of ether oxygens (including phenoxy) is 1. The van der Waals surface area contributed by atoms with E-state index in [1.807, 2.05) is 5.32 Å². The molecule has 4 rings (SSSR count). The van der Waals surface area contributed by atoms with Gasteiger partial charge in [0.2, 0.25) is 5.43 Å². The third-order valence-electron chi connectivity index (χ3n) is 5.13. The minimum Gasteiger partial charge on any atom is -0.503 e. The minimum absolute atomic E-state index is 0.0781. The van der Waals surface area contributed by atoms with Crippen molar-refractivity contribution in [1.29, 1.82) is 0 Å². The number of amides is 2. The Hall–Kier alpha value is -3.31. The second-order valence-corrected chi connectivity index (χ2v) is 7.11. The van der Waals surface area contributed by atoms with Gasteiger partial charge >= 0.3 is 0 Å². The summed E-state index contributed by atoms with van der Waals surface area (Å²) in [5.74, 6) is -4.59. The average Bonchev–Trinajstić information content (AvgIpc) is 3.05. The van der Waals surface area contributed by atoms with Crippen molar-refractivity contribution in [3.8, 4) is 5.75 Å². The second-order valence-electron chi connectivity index (χ2n) is 7.11. The molecule has 11 heteroatoms. The molecule has 3 atom stereocenters. The van der Waals surface area contributed by atoms with Crippen molar-refractivity contribution >= 4 is 11.8 Å². The molecule has 3 N–H and O–H groups in total. The van der Waals surface area contributed by atoms with Crippen LogP contribution in [0.5, 0.6) is 5.75 Å². The fourth-order valence-corrected chi connectivity index (χ4v) is 3.64. The van der Waals surface area contributed by atoms with E-state index in [0.29, 0.717) is 12.7 Å². The zero-order valence-electron chi connectivity index (χ0n) is 15.6. The molecule has 2 aromatic rings. The third kappa shape index (κ3) is 3.12. The van der Waals surface area contributed by atoms with Gasteiger partial charge in [0.15, 0.2) is 23.9 Å². The van der Waals surface area contributed by atoms with Crippen LogP contribution in [-0.4, -0.2) is 50.4 Å². The molecular weight excluding hydrogens is 404 g/mol. The molecule has 1 aromatic carbocycles. The molecule has 0 radical (unpaired) electrons. The van der Waals surface area contributed by atoms with Crippen LogP contribution in [0, 0.1) is 11.6 Å². The zero-order chi connectivity index (χ0) is 21.7. The number of fused-ring (bicyclic) bond motifs is 2. The van der Waals surface area contributed by atoms with E-state index in [1.54, 1.807) is 6.92 Å². The highest BCUT2D eigenvalue weighted by Gasteiger charge is 2.42. The fraction of sp³-hybridized carbons (Fsp3) is 0.316. The first kappa shape index (κ1) is 20.0. The van der Waals surface area contributed by atoms with Crippen molar-refractivity contribution in [2.75, 3.05) is 6.61 Å². The second kappa shape index (κ2) is 7.18. The molecule has 2 aliphatic heterocycles. The fourth-order valence-electron chi connectivity index (χ4n) is 3.64. The van der Waals surface area contributed by atoms with Crippen LogP contribution >= 0.6 is 0 Å². The monoisotopic (exact) mass is 421 g/mol. The Morgan fingerprint density at radius 1 is 1.33 bits per heavy atom. The average molecular weight is 421 g/mol. The van der Waals surface area contributed by atoms with E-state index in [1.165, 1.54) is 9.47 Å². The van der Waals surface area contributed by atoms with Gasteiger partial charge in [0.1, 0.15) is 17.2 Å². The number of benzene rings is 1. The number of aromatic hydroxyl groups is 1. The molecule has 2 amide bonds. The first-order chi connectivity index (χ1) is 14.2. The van der Waals surface area contributed by atoms with E-state index in [0.717, 1.165) is 18.3 Å². The van der Waals surface area contributed by atoms with Crippen LogP contribution in [0.1, 0.15) is 39.6 Å². The van der Waals surface area contributed by atoms with Crippen LogP contribution in [0.2, 0.25) is 0 Å². The van der Waals surface area contributed by atoms with Crippen LogP contribution in [0.4, 0.5) is 8.78 Å². The molecular formula is C19H17F2N3O6. The van der Waals surface area contributed by atoms with E-state index in [9.17, 15) is 33.4 Å². The molecule has 0 spiro atoms. The maximum Gasteiger partial charge on any atom is 0.276 e. The van der Waals surface area contributed by atoms with E-state index >= 15 is 0 Å². The van der Waals surface area contributed by atoms with Gasteiger partial charge in [0, 0.05) is 17.8 Å². The Labute approximate surface area is 168 Å². The molecule has 1 aromatic heterocycles. The molecule has 0 saturated carbocycles. The summed E-state index contributed by atoms with van der Waals surface area (Å²) in [6.07, 6.45) is -1.42. The maximum atomic E-state index is 13.8. The third-order valence-corrected chi connectivity index (χ3v) is 5.13. The molecule has 3 heterocycles. The molecule has 30 heavy (non-hydrogen) atoms. The van der Waals surface area contributed by atoms with Crippen molar-refractivity contribution in [3.05, 3.63) is 63.1 Å². The lowest BCUT2D eigenvalue weighted by atomic mass is 10.1. The van der Waals surface area contributed by atoms with E-state index in [-0.39, 0.29) is 18.3 Å². The van der Waals surface area contributed by atoms with Crippen LogP contribution in [0.15, 0.2) is 29.2 Å². The predicted octanol–water partition coefficient (Wildman–Crippen LogP) is 0.454. The van der Waals surface area contributed by atoms with Gasteiger partial charge in [-0.3, -0.25) is 14.4 Å². The summed E-state index contributed by atoms with van der Waals surface area (Å²) in [4.78, 5) is 39.1. The van der Waals surface area contributed by atoms with Gasteiger partial charge in [-0.2, -0.15) is 0 Å². The van der Waals surface area contributed by atoms with Gasteiger partial charge < -0.3 is 29.7 Å². The van der Waals surface area contributed by atoms with Gasteiger partial charge in [0.25, 0.3) is 11.8 Å². The van der Waals surface area contributed by atoms with Crippen LogP contribution in [0.3, 0.4) is 0 Å². The molecule has 0 bridgehead atoms. The quantitative estimate of drug-likeness (QED) is 0.619. The predicted molar refractivity (Wildman–Crippen MR) is 96.5 cm³/mol. The summed E-state index contributed by atoms with van der Waals surface area (Å²) < 4.78 is 33.6. The van der Waals surface area contributed by atoms with Crippen molar-refractivity contribution in [2.24, 2.45) is 0 Å². The lowest BCUT2D eigenvalue weighted by Gasteiger charge is -2.33. The van der Waals surface area contributed by atoms with Crippen molar-refractivity contribution in [1.82, 2.24) is 14.8 Å². The number of nitrogens with one attached hydrogen (secondary N) is 1. The van der Waals surface area contributed by atoms with Crippen LogP contribution < -0.4 is 10.7 Å². The van der Waals surface area contributed by atoms with Gasteiger partial charge in [-0.15, -0.1) is 0 Å². The largest absolute Gasteiger partial charge is 0.503 e. The maximum absolute atomic E-state index is 13.8. The number of carbonyl (C=O) groups excluding carboxylic acids is 2. The summed E-state index contributed by atoms with van der Waals surface area (Å²) in [6, 6.07) is 2.13. The number of hydrogen-bond donors (Lipinski definition) is 3. The smallest absolute Gasteiger partial charge is 0.276 e. The molecule has 9 nitrogen and oxygen atoms in total. The number of rotatable bonds is 3. The summed E-state index contributed by atoms with van der Waals surface area (Å²) in [7, 11) is 0. The van der Waals surface area contributed by atoms with Crippen LogP contribution in [-0.2, 0) is 11.3 Å². The number of aromatic nitrogens is 1. The summed E-state index contributed by atoms with van der Waals surface area (Å²) >= 11 is 0. The molecule has 1 fully saturated rings. The van der Waals surface area contributed by atoms with Crippen molar-refractivity contribution < 1.29 is 33.3 Å². The molecule has 2 aliphatic rings. The number of pyridine rings is 1. The Balaban J connectivity index is 1.66. The van der Waals surface area contributed by atoms with Crippen molar-refractivity contribution in [2.45, 2.75) is 32.0 Å². The number of nitrogens with zero attached hydrogens (tertiary/aromatic N) is 2. The molecule has 1 unspecified atom stereocenters. The number of carbonyl (C=O) groups is 2. The van der Waals surface area contributed by atoms with E-state index in [4.69, 9.17) is 4.74 Å². The topological polar surface area (TPSA) is 121 Å². The highest BCUT2D eigenvalue weighted by atomic mass is 19.1. The van der Waals surface area contributed by atoms with Crippen LogP contribution in [0.25, 0.3) is 0 Å². The SMILES string of the molecule is C[C@H]1CO[C@@H]2Cn3cc(C(=O)NC(O)c4ccc(F)cc4F)c(=O)c(O)c3C(=O)N12. The highest BCUT2D eigenvalue weighted by molar-refractivity contribution is 5.99. The Kier molecular flexibility index (Phi) is 4.79. The summed E-state index contributed by atoms with van der Waals surface area (Å²) in [6.45, 7) is 2.13. The normalized spacial score (nSPS) is 21.2. The molecule has 158 valence electrons. The number of hydrogen-bond acceptors (Lipinski definition) is 6. The zero-order valence-corrected chi connectivity index (χ0v) is 15.6. The van der Waals surface area contributed by atoms with Gasteiger partial charge in [-0.25, -0.2) is 8.78 Å². The lowest BCUT2D eigenvalue weighted by Crippen LogP contribution is -2.49. The first-order valence-electron chi connectivity index (χ1n) is 9.03. The van der Waals surface area contributed by atoms with Gasteiger partial charge in [0.05, 0.1) is 19.2 Å². The van der Waals surface area contributed by atoms with Crippen molar-refractivity contribution in [3.63, 3.8) is 0 Å². The Morgan fingerprint density at radius 3 is 2.77 bits per heavy atom. The highest BCUT2D eigenvalue weighted by Crippen LogP contribution is 2.29. The van der Waals surface area contributed by atoms with Gasteiger partial charge in [-0.05, 0) is 19.1 Å². The Morgan fingerprint density at radius 2 is 2.07 bits per heavy atom. The lowest BCUT2D eigenvalue weighted by molar-refractivity contribution is 0.00621. The number of aliphatic hydroxyl groups excluding tert-OH is 1. The minimum atomic E-state index is -1.88.